The maximum absolute atomic E-state index is 10.3. The fourth-order valence-corrected chi connectivity index (χ4v) is 0.567. The van der Waals surface area contributed by atoms with Gasteiger partial charge in [0.2, 0.25) is 5.91 Å². The van der Waals surface area contributed by atoms with Crippen LogP contribution in [0.15, 0.2) is 24.7 Å². The number of nitrogens with zero attached hydrogens (tertiary/aromatic N) is 2. The molecule has 0 aliphatic carbocycles. The number of nitrogens with two attached hydrogens (primary N) is 1. The van der Waals surface area contributed by atoms with Gasteiger partial charge in [-0.15, -0.1) is 0 Å². The molecular weight excluding hydrogens is 142 g/mol. The number of hydrogen-bond acceptors (Lipinski definition) is 3. The molecule has 0 spiro atoms. The van der Waals surface area contributed by atoms with Gasteiger partial charge in [-0.2, -0.15) is 0 Å². The molecule has 1 amide bonds. The lowest BCUT2D eigenvalue weighted by molar-refractivity contribution is -0.113. The summed E-state index contributed by atoms with van der Waals surface area (Å²) in [6.45, 7) is 0. The molecule has 56 valence electrons. The van der Waals surface area contributed by atoms with Gasteiger partial charge in [0.05, 0.1) is 5.69 Å². The molecule has 1 rings (SSSR count). The first-order valence-corrected chi connectivity index (χ1v) is 3.02. The van der Waals surface area contributed by atoms with Crippen LogP contribution in [0.4, 0.5) is 0 Å². The average molecular weight is 149 g/mol. The quantitative estimate of drug-likeness (QED) is 0.600. The molecule has 0 aliphatic heterocycles. The molecule has 0 unspecified atom stereocenters. The Labute approximate surface area is 63.8 Å². The second kappa shape index (κ2) is 3.46. The predicted molar refractivity (Wildman–Crippen MR) is 40.3 cm³/mol. The van der Waals surface area contributed by atoms with Crippen LogP contribution in [0.2, 0.25) is 0 Å². The van der Waals surface area contributed by atoms with Gasteiger partial charge >= 0.3 is 0 Å². The van der Waals surface area contributed by atoms with Crippen molar-refractivity contribution in [2.24, 2.45) is 5.73 Å². The summed E-state index contributed by atoms with van der Waals surface area (Å²) in [5.41, 5.74) is 5.54. The molecule has 1 aromatic rings. The number of rotatable bonds is 2. The van der Waals surface area contributed by atoms with E-state index in [1.54, 1.807) is 12.3 Å². The van der Waals surface area contributed by atoms with Crippen molar-refractivity contribution in [1.29, 1.82) is 0 Å². The number of amides is 1. The molecule has 4 heteroatoms. The highest BCUT2D eigenvalue weighted by atomic mass is 16.1. The highest BCUT2D eigenvalue weighted by molar-refractivity contribution is 5.89. The van der Waals surface area contributed by atoms with Crippen LogP contribution in [0.3, 0.4) is 0 Å². The summed E-state index contributed by atoms with van der Waals surface area (Å²) < 4.78 is 0. The van der Waals surface area contributed by atoms with Crippen molar-refractivity contribution >= 4 is 12.0 Å². The Bertz CT molecular complexity index is 268. The van der Waals surface area contributed by atoms with E-state index in [0.717, 1.165) is 0 Å². The molecule has 0 saturated carbocycles. The number of aromatic nitrogens is 2. The first-order valence-electron chi connectivity index (χ1n) is 3.02. The number of carbonyl (C=O) groups excluding carboxylic acids is 1. The lowest BCUT2D eigenvalue weighted by Crippen LogP contribution is -2.05. The van der Waals surface area contributed by atoms with Gasteiger partial charge in [-0.1, -0.05) is 0 Å². The van der Waals surface area contributed by atoms with E-state index in [-0.39, 0.29) is 0 Å². The Kier molecular flexibility index (Phi) is 2.32. The number of hydrogen-bond donors (Lipinski definition) is 1. The SMILES string of the molecule is NC(=O)C=Cc1ccncn1. The zero-order chi connectivity index (χ0) is 8.10. The van der Waals surface area contributed by atoms with E-state index in [2.05, 4.69) is 9.97 Å². The molecule has 0 atom stereocenters. The van der Waals surface area contributed by atoms with Gasteiger partial charge in [0.25, 0.3) is 0 Å². The van der Waals surface area contributed by atoms with Crippen molar-refractivity contribution in [2.45, 2.75) is 0 Å². The van der Waals surface area contributed by atoms with Crippen LogP contribution in [-0.4, -0.2) is 15.9 Å². The fourth-order valence-electron chi connectivity index (χ4n) is 0.567. The van der Waals surface area contributed by atoms with Crippen molar-refractivity contribution in [3.05, 3.63) is 30.4 Å². The monoisotopic (exact) mass is 149 g/mol. The summed E-state index contributed by atoms with van der Waals surface area (Å²) in [5.74, 6) is -0.483. The average Bonchev–Trinajstić information content (AvgIpc) is 2.03. The van der Waals surface area contributed by atoms with E-state index < -0.39 is 5.91 Å². The van der Waals surface area contributed by atoms with Gasteiger partial charge in [-0.05, 0) is 12.1 Å². The normalized spacial score (nSPS) is 10.2. The van der Waals surface area contributed by atoms with E-state index in [1.807, 2.05) is 0 Å². The molecule has 0 fully saturated rings. The van der Waals surface area contributed by atoms with Crippen molar-refractivity contribution in [1.82, 2.24) is 9.97 Å². The Morgan fingerprint density at radius 2 is 2.45 bits per heavy atom. The lowest BCUT2D eigenvalue weighted by atomic mass is 10.3. The lowest BCUT2D eigenvalue weighted by Gasteiger charge is -1.86. The summed E-state index contributed by atoms with van der Waals surface area (Å²) >= 11 is 0. The van der Waals surface area contributed by atoms with E-state index in [9.17, 15) is 4.79 Å². The van der Waals surface area contributed by atoms with Crippen LogP contribution < -0.4 is 5.73 Å². The minimum Gasteiger partial charge on any atom is -0.366 e. The molecule has 0 radical (unpaired) electrons. The van der Waals surface area contributed by atoms with Crippen molar-refractivity contribution < 1.29 is 4.79 Å². The summed E-state index contributed by atoms with van der Waals surface area (Å²) in [6, 6.07) is 1.68. The van der Waals surface area contributed by atoms with Crippen LogP contribution in [-0.2, 0) is 4.79 Å². The van der Waals surface area contributed by atoms with Crippen LogP contribution >= 0.6 is 0 Å². The zero-order valence-corrected chi connectivity index (χ0v) is 5.77. The third-order valence-corrected chi connectivity index (χ3v) is 1.02. The maximum atomic E-state index is 10.3. The Morgan fingerprint density at radius 3 is 3.00 bits per heavy atom. The maximum Gasteiger partial charge on any atom is 0.241 e. The van der Waals surface area contributed by atoms with Crippen molar-refractivity contribution in [3.8, 4) is 0 Å². The molecular formula is C7H7N3O. The molecule has 0 bridgehead atoms. The molecule has 1 heterocycles. The van der Waals surface area contributed by atoms with Gasteiger partial charge in [-0.3, -0.25) is 4.79 Å². The molecule has 2 N–H and O–H groups in total. The highest BCUT2D eigenvalue weighted by Gasteiger charge is 1.86. The van der Waals surface area contributed by atoms with Crippen LogP contribution in [0.25, 0.3) is 6.08 Å². The topological polar surface area (TPSA) is 68.9 Å². The second-order valence-corrected chi connectivity index (χ2v) is 1.87. The van der Waals surface area contributed by atoms with Gasteiger partial charge < -0.3 is 5.73 Å². The van der Waals surface area contributed by atoms with Gasteiger partial charge in [0, 0.05) is 12.3 Å². The Hall–Kier alpha value is -1.71. The third-order valence-electron chi connectivity index (χ3n) is 1.02. The minimum atomic E-state index is -0.483. The molecule has 11 heavy (non-hydrogen) atoms. The Balaban J connectivity index is 2.72. The van der Waals surface area contributed by atoms with Crippen molar-refractivity contribution in [3.63, 3.8) is 0 Å². The van der Waals surface area contributed by atoms with E-state index in [1.165, 1.54) is 18.5 Å². The zero-order valence-electron chi connectivity index (χ0n) is 5.77. The predicted octanol–water partition coefficient (Wildman–Crippen LogP) is -0.0249. The van der Waals surface area contributed by atoms with Gasteiger partial charge in [0.15, 0.2) is 0 Å². The second-order valence-electron chi connectivity index (χ2n) is 1.87. The smallest absolute Gasteiger partial charge is 0.241 e. The molecule has 4 nitrogen and oxygen atoms in total. The van der Waals surface area contributed by atoms with E-state index >= 15 is 0 Å². The van der Waals surface area contributed by atoms with Gasteiger partial charge in [-0.25, -0.2) is 9.97 Å². The van der Waals surface area contributed by atoms with Crippen molar-refractivity contribution in [2.75, 3.05) is 0 Å². The minimum absolute atomic E-state index is 0.483. The number of carbonyl (C=O) groups is 1. The van der Waals surface area contributed by atoms with Crippen LogP contribution in [0.5, 0.6) is 0 Å². The first kappa shape index (κ1) is 7.40. The summed E-state index contributed by atoms with van der Waals surface area (Å²) in [4.78, 5) is 17.8. The molecule has 0 saturated heterocycles. The van der Waals surface area contributed by atoms with E-state index in [0.29, 0.717) is 5.69 Å². The van der Waals surface area contributed by atoms with Crippen LogP contribution in [0.1, 0.15) is 5.69 Å². The summed E-state index contributed by atoms with van der Waals surface area (Å²) in [7, 11) is 0. The molecule has 0 aliphatic rings. The Morgan fingerprint density at radius 1 is 1.64 bits per heavy atom. The van der Waals surface area contributed by atoms with E-state index in [4.69, 9.17) is 5.73 Å². The highest BCUT2D eigenvalue weighted by Crippen LogP contribution is 1.92. The summed E-state index contributed by atoms with van der Waals surface area (Å²) in [5, 5.41) is 0. The standard InChI is InChI=1S/C7H7N3O/c8-7(11)2-1-6-3-4-9-5-10-6/h1-5H,(H2,8,11). The first-order chi connectivity index (χ1) is 5.29. The largest absolute Gasteiger partial charge is 0.366 e. The third kappa shape index (κ3) is 2.57. The fraction of sp³-hybridized carbons (Fsp3) is 0. The molecule has 1 aromatic heterocycles. The van der Waals surface area contributed by atoms with Crippen LogP contribution in [0, 0.1) is 0 Å². The molecule has 0 aromatic carbocycles. The number of primary amides is 1. The summed E-state index contributed by atoms with van der Waals surface area (Å²) in [6.07, 6.45) is 5.78. The van der Waals surface area contributed by atoms with Gasteiger partial charge in [0.1, 0.15) is 6.33 Å².